The molecule has 142 valence electrons. The lowest BCUT2D eigenvalue weighted by molar-refractivity contribution is -0.893. The number of nitrogens with zero attached hydrogens (tertiary/aromatic N) is 3. The van der Waals surface area contributed by atoms with Crippen molar-refractivity contribution >= 4 is 17.7 Å². The predicted octanol–water partition coefficient (Wildman–Crippen LogP) is 1.54. The summed E-state index contributed by atoms with van der Waals surface area (Å²) >= 11 is 1.45. The molecule has 1 aromatic heterocycles. The Morgan fingerprint density at radius 3 is 2.58 bits per heavy atom. The van der Waals surface area contributed by atoms with E-state index < -0.39 is 0 Å². The van der Waals surface area contributed by atoms with Crippen molar-refractivity contribution in [2.75, 3.05) is 26.4 Å². The molecule has 0 aliphatic heterocycles. The smallest absolute Gasteiger partial charge is 0.230 e. The van der Waals surface area contributed by atoms with Gasteiger partial charge in [-0.3, -0.25) is 9.36 Å². The van der Waals surface area contributed by atoms with Crippen LogP contribution in [0.3, 0.4) is 0 Å². The zero-order valence-electron chi connectivity index (χ0n) is 16.2. The topological polar surface area (TPSA) is 64.2 Å². The van der Waals surface area contributed by atoms with E-state index in [0.29, 0.717) is 18.8 Å². The molecule has 0 radical (unpaired) electrons. The van der Waals surface area contributed by atoms with Crippen molar-refractivity contribution in [3.05, 3.63) is 41.7 Å². The Balaban J connectivity index is 2.23. The second-order valence-corrected chi connectivity index (χ2v) is 7.53. The number of amides is 1. The molecule has 7 heteroatoms. The lowest BCUT2D eigenvalue weighted by Gasteiger charge is -2.20. The van der Waals surface area contributed by atoms with Gasteiger partial charge >= 0.3 is 0 Å². The van der Waals surface area contributed by atoms with E-state index in [0.717, 1.165) is 23.8 Å². The molecule has 0 saturated carbocycles. The second-order valence-electron chi connectivity index (χ2n) is 6.59. The number of aromatic nitrogens is 3. The lowest BCUT2D eigenvalue weighted by Crippen LogP contribution is -3.06. The van der Waals surface area contributed by atoms with E-state index >= 15 is 0 Å². The second kappa shape index (κ2) is 10.3. The van der Waals surface area contributed by atoms with Gasteiger partial charge < -0.3 is 10.2 Å². The third-order valence-electron chi connectivity index (χ3n) is 4.25. The van der Waals surface area contributed by atoms with Crippen LogP contribution in [0.4, 0.5) is 0 Å². The van der Waals surface area contributed by atoms with Crippen LogP contribution in [0.2, 0.25) is 0 Å². The van der Waals surface area contributed by atoms with Crippen LogP contribution < -0.4 is 10.2 Å². The fourth-order valence-corrected chi connectivity index (χ4v) is 3.65. The molecule has 0 saturated heterocycles. The van der Waals surface area contributed by atoms with Crippen molar-refractivity contribution in [2.45, 2.75) is 44.4 Å². The van der Waals surface area contributed by atoms with Gasteiger partial charge in [0.1, 0.15) is 6.04 Å². The molecule has 2 rings (SSSR count). The van der Waals surface area contributed by atoms with E-state index in [9.17, 15) is 4.79 Å². The predicted molar refractivity (Wildman–Crippen MR) is 105 cm³/mol. The average Bonchev–Trinajstić information content (AvgIpc) is 3.02. The van der Waals surface area contributed by atoms with E-state index in [1.807, 2.05) is 25.1 Å². The molecule has 1 heterocycles. The summed E-state index contributed by atoms with van der Waals surface area (Å²) < 4.78 is 2.16. The van der Waals surface area contributed by atoms with E-state index in [1.165, 1.54) is 22.2 Å². The number of hydrogen-bond donors (Lipinski definition) is 2. The van der Waals surface area contributed by atoms with Gasteiger partial charge in [0, 0.05) is 13.0 Å². The first-order chi connectivity index (χ1) is 12.6. The zero-order valence-corrected chi connectivity index (χ0v) is 17.0. The minimum atomic E-state index is 0.0398. The third kappa shape index (κ3) is 5.57. The maximum atomic E-state index is 12.0. The first-order valence-electron chi connectivity index (χ1n) is 9.23. The Kier molecular flexibility index (Phi) is 8.12. The number of thioether (sulfide) groups is 1. The third-order valence-corrected chi connectivity index (χ3v) is 5.22. The molecule has 0 fully saturated rings. The molecule has 0 aliphatic carbocycles. The Labute approximate surface area is 160 Å². The maximum Gasteiger partial charge on any atom is 0.230 e. The highest BCUT2D eigenvalue weighted by molar-refractivity contribution is 7.99. The Bertz CT molecular complexity index is 686. The van der Waals surface area contributed by atoms with Gasteiger partial charge in [-0.15, -0.1) is 10.2 Å². The first kappa shape index (κ1) is 20.5. The SMILES string of the molecule is CCCNC(=O)CSc1nnc([C@H](CC)[NH+](C)C)n1Cc1ccccc1. The lowest BCUT2D eigenvalue weighted by atomic mass is 10.2. The summed E-state index contributed by atoms with van der Waals surface area (Å²) in [6, 6.07) is 10.6. The van der Waals surface area contributed by atoms with Crippen LogP contribution in [0.5, 0.6) is 0 Å². The van der Waals surface area contributed by atoms with Crippen LogP contribution >= 0.6 is 11.8 Å². The van der Waals surface area contributed by atoms with Gasteiger partial charge in [-0.2, -0.15) is 0 Å². The van der Waals surface area contributed by atoms with Crippen LogP contribution in [0.25, 0.3) is 0 Å². The molecule has 2 N–H and O–H groups in total. The van der Waals surface area contributed by atoms with Gasteiger partial charge in [-0.05, 0) is 12.0 Å². The van der Waals surface area contributed by atoms with Crippen LogP contribution in [-0.2, 0) is 11.3 Å². The van der Waals surface area contributed by atoms with E-state index in [-0.39, 0.29) is 11.9 Å². The monoisotopic (exact) mass is 376 g/mol. The number of nitrogens with one attached hydrogen (secondary N) is 2. The highest BCUT2D eigenvalue weighted by Crippen LogP contribution is 2.22. The largest absolute Gasteiger partial charge is 0.355 e. The molecule has 1 amide bonds. The molecule has 0 spiro atoms. The normalized spacial score (nSPS) is 12.3. The number of hydrogen-bond acceptors (Lipinski definition) is 4. The van der Waals surface area contributed by atoms with Crippen LogP contribution in [0.15, 0.2) is 35.5 Å². The van der Waals surface area contributed by atoms with Gasteiger partial charge in [-0.1, -0.05) is 55.9 Å². The Morgan fingerprint density at radius 1 is 1.23 bits per heavy atom. The maximum absolute atomic E-state index is 12.0. The quantitative estimate of drug-likeness (QED) is 0.618. The summed E-state index contributed by atoms with van der Waals surface area (Å²) in [4.78, 5) is 13.3. The highest BCUT2D eigenvalue weighted by Gasteiger charge is 2.25. The average molecular weight is 377 g/mol. The summed E-state index contributed by atoms with van der Waals surface area (Å²) in [7, 11) is 4.28. The summed E-state index contributed by atoms with van der Waals surface area (Å²) in [6.45, 7) is 5.64. The van der Waals surface area contributed by atoms with Gasteiger partial charge in [0.25, 0.3) is 0 Å². The molecule has 26 heavy (non-hydrogen) atoms. The molecule has 1 atom stereocenters. The molecule has 2 aromatic rings. The molecular formula is C19H30N5OS+. The van der Waals surface area contributed by atoms with Crippen LogP contribution in [-0.4, -0.2) is 47.1 Å². The van der Waals surface area contributed by atoms with Crippen LogP contribution in [0.1, 0.15) is 44.1 Å². The molecule has 0 bridgehead atoms. The minimum absolute atomic E-state index is 0.0398. The summed E-state index contributed by atoms with van der Waals surface area (Å²) in [5, 5.41) is 12.6. The number of quaternary nitrogens is 1. The standard InChI is InChI=1S/C19H29N5OS/c1-5-12-20-17(25)14-26-19-22-21-18(16(6-2)23(3)4)24(19)13-15-10-8-7-9-11-15/h7-11,16H,5-6,12-14H2,1-4H3,(H,20,25)/p+1/t16-/m0/s1. The molecule has 0 unspecified atom stereocenters. The summed E-state index contributed by atoms with van der Waals surface area (Å²) in [5.74, 6) is 1.38. The zero-order chi connectivity index (χ0) is 18.9. The van der Waals surface area contributed by atoms with Crippen molar-refractivity contribution in [2.24, 2.45) is 0 Å². The van der Waals surface area contributed by atoms with Crippen molar-refractivity contribution < 1.29 is 9.69 Å². The molecule has 0 aliphatic rings. The number of carbonyl (C=O) groups is 1. The van der Waals surface area contributed by atoms with Crippen molar-refractivity contribution in [3.8, 4) is 0 Å². The first-order valence-corrected chi connectivity index (χ1v) is 10.2. The number of benzene rings is 1. The van der Waals surface area contributed by atoms with E-state index in [2.05, 4.69) is 53.2 Å². The van der Waals surface area contributed by atoms with Gasteiger partial charge in [0.15, 0.2) is 11.0 Å². The van der Waals surface area contributed by atoms with Gasteiger partial charge in [0.05, 0.1) is 26.4 Å². The highest BCUT2D eigenvalue weighted by atomic mass is 32.2. The van der Waals surface area contributed by atoms with Crippen LogP contribution in [0, 0.1) is 0 Å². The van der Waals surface area contributed by atoms with E-state index in [4.69, 9.17) is 0 Å². The number of carbonyl (C=O) groups excluding carboxylic acids is 1. The number of rotatable bonds is 10. The van der Waals surface area contributed by atoms with Gasteiger partial charge in [0.2, 0.25) is 5.91 Å². The Hall–Kier alpha value is -1.86. The summed E-state index contributed by atoms with van der Waals surface area (Å²) in [5.41, 5.74) is 1.20. The summed E-state index contributed by atoms with van der Waals surface area (Å²) in [6.07, 6.45) is 1.92. The molecular weight excluding hydrogens is 346 g/mol. The van der Waals surface area contributed by atoms with Crippen molar-refractivity contribution in [3.63, 3.8) is 0 Å². The fourth-order valence-electron chi connectivity index (χ4n) is 2.87. The molecule has 6 nitrogen and oxygen atoms in total. The minimum Gasteiger partial charge on any atom is -0.355 e. The van der Waals surface area contributed by atoms with Crippen molar-refractivity contribution in [1.29, 1.82) is 0 Å². The van der Waals surface area contributed by atoms with Crippen molar-refractivity contribution in [1.82, 2.24) is 20.1 Å². The Morgan fingerprint density at radius 2 is 1.96 bits per heavy atom. The van der Waals surface area contributed by atoms with Gasteiger partial charge in [-0.25, -0.2) is 0 Å². The van der Waals surface area contributed by atoms with E-state index in [1.54, 1.807) is 0 Å². The fraction of sp³-hybridized carbons (Fsp3) is 0.526. The molecule has 1 aromatic carbocycles.